The zero-order valence-electron chi connectivity index (χ0n) is 20.6. The molecule has 0 radical (unpaired) electrons. The second-order valence-electron chi connectivity index (χ2n) is 8.90. The summed E-state index contributed by atoms with van der Waals surface area (Å²) in [6.07, 6.45) is 0.288. The van der Waals surface area contributed by atoms with Gasteiger partial charge in [-0.15, -0.1) is 0 Å². The van der Waals surface area contributed by atoms with E-state index in [2.05, 4.69) is 6.58 Å². The third-order valence-corrected chi connectivity index (χ3v) is 7.18. The molecule has 184 valence electrons. The Kier molecular flexibility index (Phi) is 8.16. The summed E-state index contributed by atoms with van der Waals surface area (Å²) in [6.45, 7) is 11.6. The molecule has 1 aliphatic rings. The molecule has 4 atom stereocenters. The van der Waals surface area contributed by atoms with E-state index in [-0.39, 0.29) is 24.0 Å². The minimum Gasteiger partial charge on any atom is -0.493 e. The van der Waals surface area contributed by atoms with Gasteiger partial charge in [0.2, 0.25) is 0 Å². The van der Waals surface area contributed by atoms with E-state index in [0.29, 0.717) is 22.3 Å². The topological polar surface area (TPSA) is 74.2 Å². The zero-order chi connectivity index (χ0) is 25.2. The molecule has 1 saturated heterocycles. The third kappa shape index (κ3) is 5.18. The molecule has 6 nitrogen and oxygen atoms in total. The molecule has 0 bridgehead atoms. The minimum absolute atomic E-state index is 0.0288. The van der Waals surface area contributed by atoms with Crippen LogP contribution in [-0.4, -0.2) is 38.0 Å². The van der Waals surface area contributed by atoms with E-state index in [1.807, 2.05) is 45.9 Å². The first-order valence-corrected chi connectivity index (χ1v) is 11.6. The Balaban J connectivity index is 2.03. The number of methoxy groups -OCH3 is 2. The van der Waals surface area contributed by atoms with Gasteiger partial charge in [0.1, 0.15) is 5.75 Å². The highest BCUT2D eigenvalue weighted by molar-refractivity contribution is 6.32. The number of benzene rings is 2. The number of rotatable bonds is 8. The third-order valence-electron chi connectivity index (χ3n) is 6.60. The van der Waals surface area contributed by atoms with Crippen LogP contribution in [0.15, 0.2) is 36.4 Å². The molecule has 34 heavy (non-hydrogen) atoms. The van der Waals surface area contributed by atoms with Crippen molar-refractivity contribution < 1.29 is 28.8 Å². The smallest absolute Gasteiger partial charge is 0.341 e. The van der Waals surface area contributed by atoms with Crippen LogP contribution in [-0.2, 0) is 9.53 Å². The quantitative estimate of drug-likeness (QED) is 0.442. The number of ether oxygens (including phenoxy) is 4. The second-order valence-corrected chi connectivity index (χ2v) is 9.28. The van der Waals surface area contributed by atoms with Gasteiger partial charge in [0.05, 0.1) is 26.4 Å². The molecule has 2 aromatic rings. The van der Waals surface area contributed by atoms with Crippen LogP contribution in [0.3, 0.4) is 0 Å². The highest BCUT2D eigenvalue weighted by atomic mass is 35.5. The number of carbonyl (C=O) groups is 1. The highest BCUT2D eigenvalue weighted by Gasteiger charge is 2.40. The van der Waals surface area contributed by atoms with Crippen LogP contribution in [0, 0.1) is 19.8 Å². The fraction of sp³-hybridized carbons (Fsp3) is 0.444. The number of aryl methyl sites for hydroxylation is 1. The van der Waals surface area contributed by atoms with Crippen LogP contribution in [0.25, 0.3) is 0 Å². The molecule has 1 aliphatic heterocycles. The molecule has 1 fully saturated rings. The summed E-state index contributed by atoms with van der Waals surface area (Å²) >= 11 is 6.61. The average Bonchev–Trinajstić information content (AvgIpc) is 2.80. The standard InChI is InChI=1S/C27H33ClO6/c1-14(2)19-12-20(18-8-9-21(31-6)22(11-18)32-7)17(5)34-27(19)25-16(4)26(28)15(3)10-23(25)33-13-24(29)30/h8-11,17,19-20,27H,1,12-13H2,2-7H3,(H,29,30)/t17-,19-,20-,27-/m0/s1. The Morgan fingerprint density at radius 2 is 1.85 bits per heavy atom. The number of halogens is 1. The molecule has 0 saturated carbocycles. The van der Waals surface area contributed by atoms with Gasteiger partial charge >= 0.3 is 5.97 Å². The monoisotopic (exact) mass is 488 g/mol. The zero-order valence-corrected chi connectivity index (χ0v) is 21.4. The van der Waals surface area contributed by atoms with Gasteiger partial charge in [-0.1, -0.05) is 29.8 Å². The van der Waals surface area contributed by atoms with Crippen LogP contribution < -0.4 is 14.2 Å². The van der Waals surface area contributed by atoms with Crippen LogP contribution in [0.1, 0.15) is 54.5 Å². The lowest BCUT2D eigenvalue weighted by atomic mass is 9.75. The summed E-state index contributed by atoms with van der Waals surface area (Å²) in [4.78, 5) is 11.2. The molecule has 7 heteroatoms. The molecule has 0 spiro atoms. The van der Waals surface area contributed by atoms with E-state index in [4.69, 9.17) is 30.5 Å². The summed E-state index contributed by atoms with van der Waals surface area (Å²) in [5, 5.41) is 9.80. The minimum atomic E-state index is -1.04. The van der Waals surface area contributed by atoms with Crippen LogP contribution in [0.4, 0.5) is 0 Å². The maximum Gasteiger partial charge on any atom is 0.341 e. The SMILES string of the molecule is C=C(C)[C@@H]1C[C@H](c2ccc(OC)c(OC)c2)[C@H](C)O[C@@H]1c1c(OCC(=O)O)cc(C)c(Cl)c1C. The van der Waals surface area contributed by atoms with E-state index in [9.17, 15) is 9.90 Å². The van der Waals surface area contributed by atoms with Gasteiger partial charge in [0, 0.05) is 22.4 Å². The molecular weight excluding hydrogens is 456 g/mol. The van der Waals surface area contributed by atoms with Crippen molar-refractivity contribution in [2.75, 3.05) is 20.8 Å². The number of aliphatic carboxylic acids is 1. The van der Waals surface area contributed by atoms with Crippen LogP contribution in [0.2, 0.25) is 5.02 Å². The fourth-order valence-electron chi connectivity index (χ4n) is 4.78. The summed E-state index contributed by atoms with van der Waals surface area (Å²) in [6, 6.07) is 7.73. The lowest BCUT2D eigenvalue weighted by Crippen LogP contribution is -2.35. The molecule has 0 aromatic heterocycles. The summed E-state index contributed by atoms with van der Waals surface area (Å²) in [5.74, 6) is 0.858. The van der Waals surface area contributed by atoms with Crippen molar-refractivity contribution in [1.82, 2.24) is 0 Å². The number of hydrogen-bond acceptors (Lipinski definition) is 5. The Morgan fingerprint density at radius 3 is 2.44 bits per heavy atom. The Morgan fingerprint density at radius 1 is 1.18 bits per heavy atom. The van der Waals surface area contributed by atoms with E-state index in [0.717, 1.165) is 34.2 Å². The molecule has 1 heterocycles. The van der Waals surface area contributed by atoms with E-state index < -0.39 is 12.6 Å². The first-order valence-electron chi connectivity index (χ1n) is 11.3. The van der Waals surface area contributed by atoms with Crippen LogP contribution >= 0.6 is 11.6 Å². The normalized spacial score (nSPS) is 22.2. The summed E-state index contributed by atoms with van der Waals surface area (Å²) in [7, 11) is 3.24. The van der Waals surface area contributed by atoms with Gasteiger partial charge in [-0.05, 0) is 69.0 Å². The largest absolute Gasteiger partial charge is 0.493 e. The fourth-order valence-corrected chi connectivity index (χ4v) is 4.93. The van der Waals surface area contributed by atoms with Gasteiger partial charge in [-0.3, -0.25) is 0 Å². The number of hydrogen-bond donors (Lipinski definition) is 1. The van der Waals surface area contributed by atoms with Crippen molar-refractivity contribution in [2.24, 2.45) is 5.92 Å². The van der Waals surface area contributed by atoms with Crippen molar-refractivity contribution in [1.29, 1.82) is 0 Å². The molecule has 0 unspecified atom stereocenters. The molecular formula is C27H33ClO6. The first kappa shape index (κ1) is 25.9. The van der Waals surface area contributed by atoms with E-state index in [1.54, 1.807) is 20.3 Å². The first-order chi connectivity index (χ1) is 16.1. The van der Waals surface area contributed by atoms with E-state index in [1.165, 1.54) is 0 Å². The summed E-state index contributed by atoms with van der Waals surface area (Å²) in [5.41, 5.74) is 4.50. The van der Waals surface area contributed by atoms with E-state index >= 15 is 0 Å². The average molecular weight is 489 g/mol. The van der Waals surface area contributed by atoms with Gasteiger partial charge in [0.15, 0.2) is 18.1 Å². The molecule has 2 aromatic carbocycles. The lowest BCUT2D eigenvalue weighted by Gasteiger charge is -2.42. The molecule has 0 aliphatic carbocycles. The van der Waals surface area contributed by atoms with Gasteiger partial charge in [-0.25, -0.2) is 4.79 Å². The molecule has 0 amide bonds. The van der Waals surface area contributed by atoms with Crippen molar-refractivity contribution in [3.05, 3.63) is 63.7 Å². The van der Waals surface area contributed by atoms with Crippen molar-refractivity contribution in [3.8, 4) is 17.2 Å². The second kappa shape index (κ2) is 10.7. The predicted octanol–water partition coefficient (Wildman–Crippen LogP) is 6.26. The highest BCUT2D eigenvalue weighted by Crippen LogP contribution is 2.50. The Bertz CT molecular complexity index is 1080. The maximum absolute atomic E-state index is 11.2. The van der Waals surface area contributed by atoms with Gasteiger partial charge in [-0.2, -0.15) is 0 Å². The predicted molar refractivity (Wildman–Crippen MR) is 133 cm³/mol. The Labute approximate surface area is 206 Å². The summed E-state index contributed by atoms with van der Waals surface area (Å²) < 4.78 is 23.2. The molecule has 3 rings (SSSR count). The maximum atomic E-state index is 11.2. The molecule has 1 N–H and O–H groups in total. The van der Waals surface area contributed by atoms with Gasteiger partial charge in [0.25, 0.3) is 0 Å². The van der Waals surface area contributed by atoms with Crippen molar-refractivity contribution in [2.45, 2.75) is 52.2 Å². The van der Waals surface area contributed by atoms with Crippen molar-refractivity contribution in [3.63, 3.8) is 0 Å². The Hall–Kier alpha value is -2.70. The van der Waals surface area contributed by atoms with Crippen molar-refractivity contribution >= 4 is 17.6 Å². The number of carboxylic acids is 1. The van der Waals surface area contributed by atoms with Crippen LogP contribution in [0.5, 0.6) is 17.2 Å². The van der Waals surface area contributed by atoms with Gasteiger partial charge < -0.3 is 24.1 Å². The number of carboxylic acid groups (broad SMARTS) is 1. The lowest BCUT2D eigenvalue weighted by molar-refractivity contribution is -0.139.